The van der Waals surface area contributed by atoms with Crippen molar-refractivity contribution in [2.75, 3.05) is 0 Å². The first-order valence-electron chi connectivity index (χ1n) is 32.4. The number of imidazole rings is 1. The Bertz CT molecular complexity index is 3670. The Morgan fingerprint density at radius 2 is 0.938 bits per heavy atom. The molecule has 10 rings (SSSR count). The van der Waals surface area contributed by atoms with Gasteiger partial charge in [0.05, 0.1) is 71.1 Å². The molecule has 2 aromatic carbocycles. The van der Waals surface area contributed by atoms with E-state index in [4.69, 9.17) is 4.98 Å². The number of thiophene rings is 4. The molecule has 1 aliphatic heterocycles. The van der Waals surface area contributed by atoms with Gasteiger partial charge < -0.3 is 9.13 Å². The first-order chi connectivity index (χ1) is 39.5. The van der Waals surface area contributed by atoms with E-state index in [2.05, 4.69) is 89.6 Å². The van der Waals surface area contributed by atoms with E-state index in [0.717, 1.165) is 144 Å². The smallest absolute Gasteiger partial charge is 0.264 e. The minimum absolute atomic E-state index is 0.00418. The van der Waals surface area contributed by atoms with Gasteiger partial charge in [-0.2, -0.15) is 0 Å². The third-order valence-electron chi connectivity index (χ3n) is 18.6. The monoisotopic (exact) mass is 1170 g/mol. The Labute approximate surface area is 499 Å². The lowest BCUT2D eigenvalue weighted by molar-refractivity contribution is 0.0972. The second-order valence-corrected chi connectivity index (χ2v) is 29.6. The maximum Gasteiger partial charge on any atom is 0.264 e. The van der Waals surface area contributed by atoms with E-state index in [9.17, 15) is 9.59 Å². The first kappa shape index (κ1) is 60.0. The second-order valence-electron chi connectivity index (χ2n) is 25.4. The molecule has 436 valence electrons. The van der Waals surface area contributed by atoms with Gasteiger partial charge in [-0.1, -0.05) is 216 Å². The van der Waals surface area contributed by atoms with Gasteiger partial charge in [0, 0.05) is 29.4 Å². The molecule has 0 saturated heterocycles. The minimum atomic E-state index is -0.127. The standard InChI is InChI=1S/C70H94N4O3S4/c1-10-16-20-22-24-26-28-30-32-36-49-52(43-75)78-66-60-64(80-62(49)66)54-56-57(74-68(71-56)48-39-38-47(70(7,8)9)40-51(48)69(74)77)55-59(58(54)72(60)41-45(14-5)34-18-12-3)73(42-46(15-6)35-19-13-4)61-65(55)81-63-50(53(44-76)79-67(61)63)37-33-31-29-27-25-23-21-17-11-2/h38-40,43-46H,10-37,41-42H2,1-9H3. The lowest BCUT2D eigenvalue weighted by atomic mass is 9.85. The van der Waals surface area contributed by atoms with Crippen molar-refractivity contribution in [3.05, 3.63) is 50.2 Å². The molecule has 0 radical (unpaired) electrons. The zero-order valence-corrected chi connectivity index (χ0v) is 54.2. The summed E-state index contributed by atoms with van der Waals surface area (Å²) < 4.78 is 14.9. The van der Waals surface area contributed by atoms with Crippen LogP contribution in [0, 0.1) is 11.8 Å². The van der Waals surface area contributed by atoms with Crippen molar-refractivity contribution in [3.63, 3.8) is 0 Å². The normalized spacial score (nSPS) is 13.8. The van der Waals surface area contributed by atoms with Gasteiger partial charge >= 0.3 is 0 Å². The van der Waals surface area contributed by atoms with Crippen molar-refractivity contribution < 1.29 is 14.4 Å². The summed E-state index contributed by atoms with van der Waals surface area (Å²) in [7, 11) is 0. The van der Waals surface area contributed by atoms with Crippen molar-refractivity contribution in [2.45, 2.75) is 261 Å². The highest BCUT2D eigenvalue weighted by atomic mass is 32.1. The number of hydrogen-bond donors (Lipinski definition) is 0. The predicted octanol–water partition coefficient (Wildman–Crippen LogP) is 23.0. The molecular weight excluding hydrogens is 1070 g/mol. The van der Waals surface area contributed by atoms with Crippen LogP contribution in [-0.2, 0) is 31.3 Å². The number of fused-ring (bicyclic) bond motifs is 18. The van der Waals surface area contributed by atoms with E-state index in [1.54, 1.807) is 22.7 Å². The summed E-state index contributed by atoms with van der Waals surface area (Å²) in [6, 6.07) is 6.51. The molecule has 2 unspecified atom stereocenters. The van der Waals surface area contributed by atoms with Crippen LogP contribution >= 0.6 is 45.3 Å². The number of rotatable bonds is 34. The molecule has 0 fully saturated rings. The summed E-state index contributed by atoms with van der Waals surface area (Å²) in [5, 5.41) is 2.30. The van der Waals surface area contributed by atoms with Gasteiger partial charge in [-0.15, -0.1) is 45.3 Å². The topological polar surface area (TPSA) is 78.9 Å². The van der Waals surface area contributed by atoms with Gasteiger partial charge in [-0.25, -0.2) is 4.98 Å². The molecule has 0 aliphatic carbocycles. The van der Waals surface area contributed by atoms with Gasteiger partial charge in [-0.05, 0) is 78.5 Å². The Kier molecular flexibility index (Phi) is 19.9. The van der Waals surface area contributed by atoms with Gasteiger partial charge in [-0.3, -0.25) is 19.0 Å². The summed E-state index contributed by atoms with van der Waals surface area (Å²) in [5.74, 6) is 1.64. The summed E-state index contributed by atoms with van der Waals surface area (Å²) in [6.45, 7) is 22.3. The maximum absolute atomic E-state index is 15.7. The van der Waals surface area contributed by atoms with Crippen LogP contribution < -0.4 is 0 Å². The van der Waals surface area contributed by atoms with E-state index >= 15 is 4.79 Å². The Hall–Kier alpha value is -4.16. The van der Waals surface area contributed by atoms with Crippen LogP contribution in [0.3, 0.4) is 0 Å². The molecular formula is C70H94N4O3S4. The molecule has 2 atom stereocenters. The van der Waals surface area contributed by atoms with Crippen LogP contribution in [0.25, 0.3) is 83.5 Å². The zero-order chi connectivity index (χ0) is 57.0. The van der Waals surface area contributed by atoms with Gasteiger partial charge in [0.1, 0.15) is 11.3 Å². The number of aryl methyl sites for hydroxylation is 2. The molecule has 0 bridgehead atoms. The van der Waals surface area contributed by atoms with E-state index in [0.29, 0.717) is 11.8 Å². The van der Waals surface area contributed by atoms with Crippen LogP contribution in [-0.4, -0.2) is 37.2 Å². The number of carbonyl (C=O) groups is 3. The molecule has 81 heavy (non-hydrogen) atoms. The fourth-order valence-corrected chi connectivity index (χ4v) is 19.4. The van der Waals surface area contributed by atoms with E-state index in [-0.39, 0.29) is 11.3 Å². The number of aldehydes is 2. The third kappa shape index (κ3) is 11.6. The number of aromatic nitrogens is 4. The molecule has 9 aromatic rings. The fourth-order valence-electron chi connectivity index (χ4n) is 13.7. The number of nitrogens with zero attached hydrogens (tertiary/aromatic N) is 4. The van der Waals surface area contributed by atoms with Crippen LogP contribution in [0.15, 0.2) is 18.2 Å². The minimum Gasteiger partial charge on any atom is -0.337 e. The molecule has 7 nitrogen and oxygen atoms in total. The van der Waals surface area contributed by atoms with Crippen molar-refractivity contribution >= 4 is 136 Å². The molecule has 0 saturated carbocycles. The third-order valence-corrected chi connectivity index (χ3v) is 23.7. The Morgan fingerprint density at radius 3 is 1.38 bits per heavy atom. The van der Waals surface area contributed by atoms with Crippen molar-refractivity contribution in [3.8, 4) is 11.4 Å². The van der Waals surface area contributed by atoms with Gasteiger partial charge in [0.25, 0.3) is 5.91 Å². The van der Waals surface area contributed by atoms with Crippen LogP contribution in [0.4, 0.5) is 0 Å². The first-order valence-corrected chi connectivity index (χ1v) is 35.7. The molecule has 7 aromatic heterocycles. The van der Waals surface area contributed by atoms with Crippen molar-refractivity contribution in [1.82, 2.24) is 18.7 Å². The van der Waals surface area contributed by atoms with Gasteiger partial charge in [0.2, 0.25) is 0 Å². The largest absolute Gasteiger partial charge is 0.337 e. The SMILES string of the molecule is CCCCCCCCCCCc1c(C=O)sc2c1sc1c3c4nc5n(c4c4c6sc7c(CCCCCCCCCCC)c(C=O)sc7c6n(CC(CC)CCCC)c4c3n(CC(CC)CCCC)c21)C(=O)c1cc(C(C)(C)C)ccc1-5. The van der Waals surface area contributed by atoms with E-state index in [1.807, 2.05) is 27.2 Å². The van der Waals surface area contributed by atoms with Crippen LogP contribution in [0.2, 0.25) is 0 Å². The Balaban J connectivity index is 1.25. The molecule has 0 amide bonds. The quantitative estimate of drug-likeness (QED) is 0.0297. The lowest BCUT2D eigenvalue weighted by Crippen LogP contribution is -2.13. The van der Waals surface area contributed by atoms with Gasteiger partial charge in [0.15, 0.2) is 12.6 Å². The number of unbranched alkanes of at least 4 members (excludes halogenated alkanes) is 18. The average Bonchev–Trinajstić information content (AvgIpc) is 2.15. The Morgan fingerprint density at radius 1 is 0.494 bits per heavy atom. The number of benzene rings is 2. The van der Waals surface area contributed by atoms with Crippen molar-refractivity contribution in [1.29, 1.82) is 0 Å². The second kappa shape index (κ2) is 26.8. The van der Waals surface area contributed by atoms with Crippen LogP contribution in [0.5, 0.6) is 0 Å². The summed E-state index contributed by atoms with van der Waals surface area (Å²) in [5.41, 5.74) is 11.9. The summed E-state index contributed by atoms with van der Waals surface area (Å²) in [4.78, 5) is 49.8. The highest BCUT2D eigenvalue weighted by molar-refractivity contribution is 7.35. The summed E-state index contributed by atoms with van der Waals surface area (Å²) in [6.07, 6.45) is 36.0. The van der Waals surface area contributed by atoms with Crippen molar-refractivity contribution in [2.24, 2.45) is 11.8 Å². The predicted molar refractivity (Wildman–Crippen MR) is 355 cm³/mol. The highest BCUT2D eigenvalue weighted by Gasteiger charge is 2.38. The number of carbonyl (C=O) groups excluding carboxylic acids is 3. The van der Waals surface area contributed by atoms with Crippen LogP contribution in [0.1, 0.15) is 276 Å². The molecule has 1 aliphatic rings. The zero-order valence-electron chi connectivity index (χ0n) is 50.9. The molecule has 0 N–H and O–H groups in total. The summed E-state index contributed by atoms with van der Waals surface area (Å²) >= 11 is 7.18. The molecule has 8 heterocycles. The average molecular weight is 1170 g/mol. The molecule has 0 spiro atoms. The fraction of sp³-hybridized carbons (Fsp3) is 0.600. The number of hydrogen-bond acceptors (Lipinski definition) is 8. The highest BCUT2D eigenvalue weighted by Crippen LogP contribution is 2.56. The van der Waals surface area contributed by atoms with E-state index in [1.165, 1.54) is 177 Å². The molecule has 11 heteroatoms. The lowest BCUT2D eigenvalue weighted by Gasteiger charge is -2.20. The maximum atomic E-state index is 15.7. The van der Waals surface area contributed by atoms with E-state index < -0.39 is 0 Å².